The molecule has 100 valence electrons. The summed E-state index contributed by atoms with van der Waals surface area (Å²) in [5.74, 6) is -0.951. The fourth-order valence-electron chi connectivity index (χ4n) is 2.37. The molecule has 0 aliphatic carbocycles. The van der Waals surface area contributed by atoms with Crippen LogP contribution >= 0.6 is 0 Å². The molecule has 0 saturated carbocycles. The summed E-state index contributed by atoms with van der Waals surface area (Å²) in [6.45, 7) is 10.2. The first-order chi connectivity index (χ1) is 8.13. The summed E-state index contributed by atoms with van der Waals surface area (Å²) in [6, 6.07) is 0. The van der Waals surface area contributed by atoms with Crippen LogP contribution < -0.4 is 0 Å². The van der Waals surface area contributed by atoms with Crippen molar-refractivity contribution in [1.82, 2.24) is 9.80 Å². The largest absolute Gasteiger partial charge is 0.481 e. The fourth-order valence-corrected chi connectivity index (χ4v) is 2.37. The summed E-state index contributed by atoms with van der Waals surface area (Å²) in [7, 11) is 0. The van der Waals surface area contributed by atoms with Crippen LogP contribution in [0.3, 0.4) is 0 Å². The topological polar surface area (TPSA) is 43.8 Å². The van der Waals surface area contributed by atoms with Gasteiger partial charge in [-0.15, -0.1) is 0 Å². The zero-order valence-electron chi connectivity index (χ0n) is 11.2. The van der Waals surface area contributed by atoms with Crippen molar-refractivity contribution in [1.29, 1.82) is 0 Å². The maximum absolute atomic E-state index is 10.9. The van der Waals surface area contributed by atoms with E-state index in [2.05, 4.69) is 16.7 Å². The summed E-state index contributed by atoms with van der Waals surface area (Å²) in [4.78, 5) is 15.6. The van der Waals surface area contributed by atoms with Crippen LogP contribution in [0.25, 0.3) is 0 Å². The number of likely N-dealkylation sites (tertiary alicyclic amines) is 1. The minimum Gasteiger partial charge on any atom is -0.481 e. The van der Waals surface area contributed by atoms with Crippen molar-refractivity contribution in [3.05, 3.63) is 0 Å². The van der Waals surface area contributed by atoms with Crippen molar-refractivity contribution in [3.63, 3.8) is 0 Å². The molecule has 1 saturated heterocycles. The van der Waals surface area contributed by atoms with Crippen LogP contribution in [0.1, 0.15) is 33.1 Å². The summed E-state index contributed by atoms with van der Waals surface area (Å²) >= 11 is 0. The van der Waals surface area contributed by atoms with Gasteiger partial charge in [-0.3, -0.25) is 4.79 Å². The van der Waals surface area contributed by atoms with Crippen LogP contribution in [0, 0.1) is 5.92 Å². The summed E-state index contributed by atoms with van der Waals surface area (Å²) < 4.78 is 0. The van der Waals surface area contributed by atoms with E-state index >= 15 is 0 Å². The van der Waals surface area contributed by atoms with Gasteiger partial charge in [0.2, 0.25) is 0 Å². The molecule has 1 aliphatic heterocycles. The fraction of sp³-hybridized carbons (Fsp3) is 0.923. The van der Waals surface area contributed by atoms with Gasteiger partial charge in [-0.25, -0.2) is 0 Å². The lowest BCUT2D eigenvalue weighted by molar-refractivity contribution is -0.141. The van der Waals surface area contributed by atoms with E-state index in [0.29, 0.717) is 6.54 Å². The maximum Gasteiger partial charge on any atom is 0.307 e. The highest BCUT2D eigenvalue weighted by Gasteiger charge is 2.17. The van der Waals surface area contributed by atoms with E-state index in [0.717, 1.165) is 26.1 Å². The second kappa shape index (κ2) is 7.67. The van der Waals surface area contributed by atoms with E-state index in [1.807, 2.05) is 0 Å². The Morgan fingerprint density at radius 1 is 1.35 bits per heavy atom. The highest BCUT2D eigenvalue weighted by Crippen LogP contribution is 2.08. The smallest absolute Gasteiger partial charge is 0.307 e. The van der Waals surface area contributed by atoms with Gasteiger partial charge < -0.3 is 14.9 Å². The van der Waals surface area contributed by atoms with E-state index in [-0.39, 0.29) is 5.92 Å². The first-order valence-corrected chi connectivity index (χ1v) is 6.81. The quantitative estimate of drug-likeness (QED) is 0.701. The number of hydrogen-bond acceptors (Lipinski definition) is 3. The van der Waals surface area contributed by atoms with Crippen molar-refractivity contribution in [2.45, 2.75) is 33.1 Å². The van der Waals surface area contributed by atoms with E-state index in [1.54, 1.807) is 6.92 Å². The SMILES string of the molecule is CCCN(CCN1CCCC1)CC(C)C(=O)O. The lowest BCUT2D eigenvalue weighted by atomic mass is 10.1. The molecule has 0 radical (unpaired) electrons. The van der Waals surface area contributed by atoms with E-state index in [9.17, 15) is 4.79 Å². The molecular formula is C13H26N2O2. The molecule has 1 heterocycles. The Labute approximate surface area is 105 Å². The van der Waals surface area contributed by atoms with Crippen molar-refractivity contribution < 1.29 is 9.90 Å². The molecule has 0 aromatic rings. The van der Waals surface area contributed by atoms with E-state index in [4.69, 9.17) is 5.11 Å². The Morgan fingerprint density at radius 2 is 2.00 bits per heavy atom. The van der Waals surface area contributed by atoms with Crippen molar-refractivity contribution >= 4 is 5.97 Å². The maximum atomic E-state index is 10.9. The van der Waals surface area contributed by atoms with Gasteiger partial charge in [0.1, 0.15) is 0 Å². The minimum absolute atomic E-state index is 0.264. The molecule has 0 aromatic heterocycles. The number of carboxylic acid groups (broad SMARTS) is 1. The highest BCUT2D eigenvalue weighted by molar-refractivity contribution is 5.69. The van der Waals surface area contributed by atoms with E-state index in [1.165, 1.54) is 25.9 Å². The number of aliphatic carboxylic acids is 1. The molecule has 0 spiro atoms. The Morgan fingerprint density at radius 3 is 2.53 bits per heavy atom. The molecule has 17 heavy (non-hydrogen) atoms. The van der Waals surface area contributed by atoms with Gasteiger partial charge in [-0.05, 0) is 38.9 Å². The van der Waals surface area contributed by atoms with Crippen molar-refractivity contribution in [3.8, 4) is 0 Å². The first kappa shape index (κ1) is 14.5. The predicted octanol–water partition coefficient (Wildman–Crippen LogP) is 1.51. The number of rotatable bonds is 8. The Kier molecular flexibility index (Phi) is 6.52. The predicted molar refractivity (Wildman–Crippen MR) is 69.2 cm³/mol. The molecule has 4 nitrogen and oxygen atoms in total. The molecular weight excluding hydrogens is 216 g/mol. The Bertz CT molecular complexity index is 227. The van der Waals surface area contributed by atoms with Crippen LogP contribution in [-0.2, 0) is 4.79 Å². The summed E-state index contributed by atoms with van der Waals surface area (Å²) in [5, 5.41) is 8.94. The molecule has 1 atom stereocenters. The van der Waals surface area contributed by atoms with Gasteiger partial charge in [0.25, 0.3) is 0 Å². The third kappa shape index (κ3) is 5.50. The highest BCUT2D eigenvalue weighted by atomic mass is 16.4. The zero-order valence-corrected chi connectivity index (χ0v) is 11.2. The first-order valence-electron chi connectivity index (χ1n) is 6.81. The molecule has 0 amide bonds. The third-order valence-corrected chi connectivity index (χ3v) is 3.42. The molecule has 1 N–H and O–H groups in total. The lowest BCUT2D eigenvalue weighted by Gasteiger charge is -2.26. The van der Waals surface area contributed by atoms with Crippen LogP contribution in [0.4, 0.5) is 0 Å². The third-order valence-electron chi connectivity index (χ3n) is 3.42. The monoisotopic (exact) mass is 242 g/mol. The molecule has 0 bridgehead atoms. The normalized spacial score (nSPS) is 18.8. The van der Waals surface area contributed by atoms with Crippen LogP contribution in [0.2, 0.25) is 0 Å². The van der Waals surface area contributed by atoms with Crippen LogP contribution in [-0.4, -0.2) is 60.1 Å². The summed E-state index contributed by atoms with van der Waals surface area (Å²) in [5.41, 5.74) is 0. The van der Waals surface area contributed by atoms with Crippen molar-refractivity contribution in [2.75, 3.05) is 39.3 Å². The molecule has 1 fully saturated rings. The number of carboxylic acids is 1. The average Bonchev–Trinajstić information content (AvgIpc) is 2.78. The average molecular weight is 242 g/mol. The van der Waals surface area contributed by atoms with Gasteiger partial charge in [0.15, 0.2) is 0 Å². The summed E-state index contributed by atoms with van der Waals surface area (Å²) in [6.07, 6.45) is 3.73. The number of nitrogens with zero attached hydrogens (tertiary/aromatic N) is 2. The molecule has 1 rings (SSSR count). The standard InChI is InChI=1S/C13H26N2O2/c1-3-6-15(11-12(2)13(16)17)10-9-14-7-4-5-8-14/h12H,3-11H2,1-2H3,(H,16,17). The molecule has 1 unspecified atom stereocenters. The number of carbonyl (C=O) groups is 1. The second-order valence-corrected chi connectivity index (χ2v) is 5.09. The zero-order chi connectivity index (χ0) is 12.7. The van der Waals surface area contributed by atoms with Crippen molar-refractivity contribution in [2.24, 2.45) is 5.92 Å². The van der Waals surface area contributed by atoms with Gasteiger partial charge in [-0.2, -0.15) is 0 Å². The van der Waals surface area contributed by atoms with Crippen LogP contribution in [0.15, 0.2) is 0 Å². The van der Waals surface area contributed by atoms with Gasteiger partial charge in [0, 0.05) is 19.6 Å². The molecule has 1 aliphatic rings. The molecule has 4 heteroatoms. The van der Waals surface area contributed by atoms with Crippen LogP contribution in [0.5, 0.6) is 0 Å². The molecule has 0 aromatic carbocycles. The Balaban J connectivity index is 2.28. The number of hydrogen-bond donors (Lipinski definition) is 1. The van der Waals surface area contributed by atoms with E-state index < -0.39 is 5.97 Å². The van der Waals surface area contributed by atoms with Gasteiger partial charge >= 0.3 is 5.97 Å². The van der Waals surface area contributed by atoms with Gasteiger partial charge in [-0.1, -0.05) is 13.8 Å². The minimum atomic E-state index is -0.688. The Hall–Kier alpha value is -0.610. The van der Waals surface area contributed by atoms with Gasteiger partial charge in [0.05, 0.1) is 5.92 Å². The lowest BCUT2D eigenvalue weighted by Crippen LogP contribution is -2.38. The second-order valence-electron chi connectivity index (χ2n) is 5.09.